The summed E-state index contributed by atoms with van der Waals surface area (Å²) in [6.45, 7) is 3.88. The van der Waals surface area contributed by atoms with Gasteiger partial charge in [-0.1, -0.05) is 35.0 Å². The first-order chi connectivity index (χ1) is 5.29. The fraction of sp³-hybridized carbons (Fsp3) is 0.556. The third-order valence-corrected chi connectivity index (χ3v) is 3.57. The normalized spacial score (nSPS) is 36.2. The van der Waals surface area contributed by atoms with Gasteiger partial charge in [-0.05, 0) is 5.57 Å². The molecule has 1 nitrogen and oxygen atoms in total. The molecule has 0 amide bonds. The minimum absolute atomic E-state index is 0.544. The summed E-state index contributed by atoms with van der Waals surface area (Å²) in [4.78, 5) is 0. The van der Waals surface area contributed by atoms with Crippen molar-refractivity contribution >= 4 is 15.9 Å². The second-order valence-electron chi connectivity index (χ2n) is 3.17. The SMILES string of the molecule is C[C@H]1C=C[C@H]2COCC2=C1Br. The average Bonchev–Trinajstić information content (AvgIpc) is 2.45. The number of halogens is 1. The van der Waals surface area contributed by atoms with Crippen LogP contribution in [0.1, 0.15) is 6.92 Å². The van der Waals surface area contributed by atoms with Crippen molar-refractivity contribution in [1.29, 1.82) is 0 Å². The lowest BCUT2D eigenvalue weighted by atomic mass is 9.92. The van der Waals surface area contributed by atoms with Gasteiger partial charge in [0.1, 0.15) is 0 Å². The molecular formula is C9H11BrO. The van der Waals surface area contributed by atoms with E-state index in [1.54, 1.807) is 0 Å². The summed E-state index contributed by atoms with van der Waals surface area (Å²) in [6, 6.07) is 0. The average molecular weight is 215 g/mol. The molecule has 0 spiro atoms. The van der Waals surface area contributed by atoms with Crippen molar-refractivity contribution in [2.75, 3.05) is 13.2 Å². The van der Waals surface area contributed by atoms with Crippen molar-refractivity contribution in [3.8, 4) is 0 Å². The van der Waals surface area contributed by atoms with E-state index in [-0.39, 0.29) is 0 Å². The Morgan fingerprint density at radius 2 is 2.36 bits per heavy atom. The Kier molecular flexibility index (Phi) is 1.90. The maximum Gasteiger partial charge on any atom is 0.0694 e. The zero-order chi connectivity index (χ0) is 7.84. The number of rotatable bonds is 0. The van der Waals surface area contributed by atoms with Crippen LogP contribution in [0, 0.1) is 11.8 Å². The summed E-state index contributed by atoms with van der Waals surface area (Å²) in [7, 11) is 0. The highest BCUT2D eigenvalue weighted by Gasteiger charge is 2.26. The van der Waals surface area contributed by atoms with Gasteiger partial charge in [0.2, 0.25) is 0 Å². The Hall–Kier alpha value is -0.0800. The van der Waals surface area contributed by atoms with Gasteiger partial charge in [-0.3, -0.25) is 0 Å². The maximum absolute atomic E-state index is 5.37. The third-order valence-electron chi connectivity index (χ3n) is 2.34. The van der Waals surface area contributed by atoms with Crippen molar-refractivity contribution in [3.63, 3.8) is 0 Å². The molecule has 0 aromatic heterocycles. The van der Waals surface area contributed by atoms with E-state index in [4.69, 9.17) is 4.74 Å². The summed E-state index contributed by atoms with van der Waals surface area (Å²) >= 11 is 3.61. The lowest BCUT2D eigenvalue weighted by Gasteiger charge is -2.17. The largest absolute Gasteiger partial charge is 0.376 e. The van der Waals surface area contributed by atoms with Crippen LogP contribution in [0.3, 0.4) is 0 Å². The molecule has 2 rings (SSSR count). The summed E-state index contributed by atoms with van der Waals surface area (Å²) in [5.74, 6) is 1.10. The van der Waals surface area contributed by atoms with Crippen molar-refractivity contribution < 1.29 is 4.74 Å². The molecule has 11 heavy (non-hydrogen) atoms. The molecule has 0 N–H and O–H groups in total. The van der Waals surface area contributed by atoms with Gasteiger partial charge in [-0.25, -0.2) is 0 Å². The van der Waals surface area contributed by atoms with Gasteiger partial charge >= 0.3 is 0 Å². The van der Waals surface area contributed by atoms with E-state index in [1.165, 1.54) is 10.1 Å². The van der Waals surface area contributed by atoms with E-state index in [9.17, 15) is 0 Å². The van der Waals surface area contributed by atoms with Crippen molar-refractivity contribution in [2.45, 2.75) is 6.92 Å². The van der Waals surface area contributed by atoms with Gasteiger partial charge in [0.25, 0.3) is 0 Å². The van der Waals surface area contributed by atoms with Gasteiger partial charge in [0.15, 0.2) is 0 Å². The molecule has 1 aliphatic carbocycles. The predicted octanol–water partition coefficient (Wildman–Crippen LogP) is 2.49. The highest BCUT2D eigenvalue weighted by Crippen LogP contribution is 2.36. The van der Waals surface area contributed by atoms with E-state index in [2.05, 4.69) is 35.0 Å². The Morgan fingerprint density at radius 1 is 1.55 bits per heavy atom. The fourth-order valence-corrected chi connectivity index (χ4v) is 2.16. The molecule has 60 valence electrons. The quantitative estimate of drug-likeness (QED) is 0.564. The van der Waals surface area contributed by atoms with Crippen LogP contribution in [0.2, 0.25) is 0 Å². The molecule has 0 saturated carbocycles. The summed E-state index contributed by atoms with van der Waals surface area (Å²) in [5, 5.41) is 0. The van der Waals surface area contributed by atoms with Crippen LogP contribution in [0.15, 0.2) is 22.2 Å². The van der Waals surface area contributed by atoms with Crippen molar-refractivity contribution in [1.82, 2.24) is 0 Å². The van der Waals surface area contributed by atoms with E-state index in [0.717, 1.165) is 13.2 Å². The van der Waals surface area contributed by atoms with Crippen LogP contribution >= 0.6 is 15.9 Å². The van der Waals surface area contributed by atoms with Crippen LogP contribution in [0.25, 0.3) is 0 Å². The Labute approximate surface area is 75.2 Å². The smallest absolute Gasteiger partial charge is 0.0694 e. The van der Waals surface area contributed by atoms with Crippen LogP contribution in [-0.2, 0) is 4.74 Å². The van der Waals surface area contributed by atoms with Crippen LogP contribution in [0.4, 0.5) is 0 Å². The molecule has 1 fully saturated rings. The molecule has 0 radical (unpaired) electrons. The first kappa shape index (κ1) is 7.56. The van der Waals surface area contributed by atoms with E-state index in [1.807, 2.05) is 0 Å². The highest BCUT2D eigenvalue weighted by atomic mass is 79.9. The Bertz CT molecular complexity index is 230. The fourth-order valence-electron chi connectivity index (χ4n) is 1.60. The highest BCUT2D eigenvalue weighted by molar-refractivity contribution is 9.11. The second kappa shape index (κ2) is 2.76. The molecular weight excluding hydrogens is 204 g/mol. The number of hydrogen-bond acceptors (Lipinski definition) is 1. The molecule has 1 saturated heterocycles. The van der Waals surface area contributed by atoms with Crippen molar-refractivity contribution in [3.05, 3.63) is 22.2 Å². The van der Waals surface area contributed by atoms with Gasteiger partial charge < -0.3 is 4.74 Å². The molecule has 0 bridgehead atoms. The lowest BCUT2D eigenvalue weighted by molar-refractivity contribution is 0.195. The van der Waals surface area contributed by atoms with Crippen LogP contribution < -0.4 is 0 Å². The summed E-state index contributed by atoms with van der Waals surface area (Å²) in [5.41, 5.74) is 1.44. The number of hydrogen-bond donors (Lipinski definition) is 0. The number of fused-ring (bicyclic) bond motifs is 1. The van der Waals surface area contributed by atoms with E-state index in [0.29, 0.717) is 11.8 Å². The molecule has 0 aromatic rings. The third kappa shape index (κ3) is 1.18. The van der Waals surface area contributed by atoms with E-state index >= 15 is 0 Å². The lowest BCUT2D eigenvalue weighted by Crippen LogP contribution is -2.08. The summed E-state index contributed by atoms with van der Waals surface area (Å²) in [6.07, 6.45) is 4.50. The topological polar surface area (TPSA) is 9.23 Å². The maximum atomic E-state index is 5.37. The monoisotopic (exact) mass is 214 g/mol. The van der Waals surface area contributed by atoms with Crippen LogP contribution in [0.5, 0.6) is 0 Å². The molecule has 2 aliphatic rings. The second-order valence-corrected chi connectivity index (χ2v) is 4.02. The molecule has 1 heterocycles. The first-order valence-electron chi connectivity index (χ1n) is 3.93. The summed E-state index contributed by atoms with van der Waals surface area (Å²) < 4.78 is 6.71. The molecule has 2 heteroatoms. The number of allylic oxidation sites excluding steroid dienone is 2. The standard InChI is InChI=1S/C9H11BrO/c1-6-2-3-7-4-11-5-8(7)9(6)10/h2-3,6-7H,4-5H2,1H3/t6-,7-/m0/s1. The zero-order valence-electron chi connectivity index (χ0n) is 6.51. The molecule has 0 unspecified atom stereocenters. The minimum atomic E-state index is 0.544. The minimum Gasteiger partial charge on any atom is -0.376 e. The van der Waals surface area contributed by atoms with Crippen LogP contribution in [-0.4, -0.2) is 13.2 Å². The molecule has 2 atom stereocenters. The Balaban J connectivity index is 2.33. The first-order valence-corrected chi connectivity index (χ1v) is 4.73. The van der Waals surface area contributed by atoms with Gasteiger partial charge in [0.05, 0.1) is 13.2 Å². The molecule has 1 aliphatic heterocycles. The molecule has 0 aromatic carbocycles. The van der Waals surface area contributed by atoms with E-state index < -0.39 is 0 Å². The van der Waals surface area contributed by atoms with Gasteiger partial charge in [-0.15, -0.1) is 0 Å². The van der Waals surface area contributed by atoms with Crippen molar-refractivity contribution in [2.24, 2.45) is 11.8 Å². The predicted molar refractivity (Wildman–Crippen MR) is 48.6 cm³/mol. The number of ether oxygens (including phenoxy) is 1. The zero-order valence-corrected chi connectivity index (χ0v) is 8.10. The van der Waals surface area contributed by atoms with Gasteiger partial charge in [-0.2, -0.15) is 0 Å². The van der Waals surface area contributed by atoms with Gasteiger partial charge in [0, 0.05) is 16.3 Å². The Morgan fingerprint density at radius 3 is 3.18 bits per heavy atom.